The van der Waals surface area contributed by atoms with Gasteiger partial charge < -0.3 is 25.2 Å². The maximum absolute atomic E-state index is 12.6. The number of amides is 1. The van der Waals surface area contributed by atoms with Crippen LogP contribution in [0.5, 0.6) is 11.5 Å². The molecule has 184 valence electrons. The molecule has 1 aliphatic rings. The summed E-state index contributed by atoms with van der Waals surface area (Å²) in [6, 6.07) is 9.22. The molecule has 1 aliphatic heterocycles. The van der Waals surface area contributed by atoms with Crippen LogP contribution >= 0.6 is 35.4 Å². The number of benzene rings is 2. The molecule has 0 unspecified atom stereocenters. The molecule has 9 nitrogen and oxygen atoms in total. The fourth-order valence-corrected chi connectivity index (χ4v) is 4.05. The van der Waals surface area contributed by atoms with Gasteiger partial charge in [0.15, 0.2) is 17.5 Å². The average Bonchev–Trinajstić information content (AvgIpc) is 2.81. The Balaban J connectivity index is 1.71. The molecule has 2 aromatic rings. The first-order chi connectivity index (χ1) is 16.7. The van der Waals surface area contributed by atoms with E-state index in [4.69, 9.17) is 44.9 Å². The standard InChI is InChI=1S/C23H22Cl2N4O5S/c1-3-33-22(32)19-12(2)27-23(35)28-20(19)14-6-4-5-7-17(14)34-11-18(30)29-26-10-13-8-15(24)21(31)16(25)9-13/h4-10,20,31H,3,11H2,1-2H3,(H,29,30)(H2,27,28,35)/t20-/m0/s1. The SMILES string of the molecule is CCOC(=O)C1=C(C)NC(=S)N[C@H]1c1ccccc1OCC(=O)NN=Cc1cc(Cl)c(O)c(Cl)c1. The van der Waals surface area contributed by atoms with E-state index in [1.165, 1.54) is 18.3 Å². The summed E-state index contributed by atoms with van der Waals surface area (Å²) >= 11 is 17.0. The second kappa shape index (κ2) is 11.9. The van der Waals surface area contributed by atoms with Crippen molar-refractivity contribution in [3.05, 3.63) is 68.8 Å². The molecule has 0 saturated carbocycles. The van der Waals surface area contributed by atoms with Gasteiger partial charge in [0.25, 0.3) is 5.91 Å². The molecule has 0 bridgehead atoms. The van der Waals surface area contributed by atoms with Crippen LogP contribution in [-0.4, -0.2) is 41.5 Å². The normalized spacial score (nSPS) is 15.4. The van der Waals surface area contributed by atoms with Gasteiger partial charge in [0, 0.05) is 11.3 Å². The zero-order valence-corrected chi connectivity index (χ0v) is 21.1. The predicted molar refractivity (Wildman–Crippen MR) is 137 cm³/mol. The van der Waals surface area contributed by atoms with E-state index in [1.54, 1.807) is 38.1 Å². The van der Waals surface area contributed by atoms with Crippen molar-refractivity contribution >= 4 is 58.6 Å². The average molecular weight is 537 g/mol. The summed E-state index contributed by atoms with van der Waals surface area (Å²) in [7, 11) is 0. The van der Waals surface area contributed by atoms with Gasteiger partial charge in [-0.3, -0.25) is 4.79 Å². The van der Waals surface area contributed by atoms with Crippen LogP contribution in [0.2, 0.25) is 10.0 Å². The van der Waals surface area contributed by atoms with E-state index in [1.807, 2.05) is 0 Å². The molecule has 0 aromatic heterocycles. The molecule has 1 heterocycles. The lowest BCUT2D eigenvalue weighted by molar-refractivity contribution is -0.139. The Morgan fingerprint density at radius 3 is 2.63 bits per heavy atom. The molecule has 1 atom stereocenters. The number of thiocarbonyl (C=S) groups is 1. The van der Waals surface area contributed by atoms with E-state index in [0.717, 1.165) is 0 Å². The first-order valence-electron chi connectivity index (χ1n) is 10.4. The second-order valence-electron chi connectivity index (χ2n) is 7.24. The number of nitrogens with zero attached hydrogens (tertiary/aromatic N) is 1. The highest BCUT2D eigenvalue weighted by Crippen LogP contribution is 2.34. The summed E-state index contributed by atoms with van der Waals surface area (Å²) in [5, 5.41) is 19.9. The molecule has 0 saturated heterocycles. The van der Waals surface area contributed by atoms with Gasteiger partial charge in [0.2, 0.25) is 0 Å². The second-order valence-corrected chi connectivity index (χ2v) is 8.47. The number of halogens is 2. The van der Waals surface area contributed by atoms with Crippen molar-refractivity contribution in [3.63, 3.8) is 0 Å². The maximum Gasteiger partial charge on any atom is 0.338 e. The summed E-state index contributed by atoms with van der Waals surface area (Å²) in [4.78, 5) is 24.9. The highest BCUT2D eigenvalue weighted by atomic mass is 35.5. The highest BCUT2D eigenvalue weighted by Gasteiger charge is 2.32. The number of hydrogen-bond acceptors (Lipinski definition) is 7. The Morgan fingerprint density at radius 1 is 1.26 bits per heavy atom. The molecule has 2 aromatic carbocycles. The summed E-state index contributed by atoms with van der Waals surface area (Å²) in [6.07, 6.45) is 1.32. The number of para-hydroxylation sites is 1. The number of esters is 1. The topological polar surface area (TPSA) is 121 Å². The summed E-state index contributed by atoms with van der Waals surface area (Å²) < 4.78 is 10.9. The molecule has 12 heteroatoms. The van der Waals surface area contributed by atoms with E-state index in [2.05, 4.69) is 21.2 Å². The molecule has 35 heavy (non-hydrogen) atoms. The molecular weight excluding hydrogens is 515 g/mol. The van der Waals surface area contributed by atoms with Crippen LogP contribution in [-0.2, 0) is 14.3 Å². The molecule has 0 fully saturated rings. The van der Waals surface area contributed by atoms with Gasteiger partial charge in [0.1, 0.15) is 5.75 Å². The van der Waals surface area contributed by atoms with Crippen LogP contribution in [0.1, 0.15) is 31.0 Å². The number of phenols is 1. The van der Waals surface area contributed by atoms with Crippen molar-refractivity contribution < 1.29 is 24.2 Å². The quantitative estimate of drug-likeness (QED) is 0.175. The molecule has 4 N–H and O–H groups in total. The number of nitrogens with one attached hydrogen (secondary N) is 3. The van der Waals surface area contributed by atoms with Crippen LogP contribution in [0.15, 0.2) is 52.8 Å². The summed E-state index contributed by atoms with van der Waals surface area (Å²) in [6.45, 7) is 3.32. The van der Waals surface area contributed by atoms with Crippen molar-refractivity contribution in [1.82, 2.24) is 16.1 Å². The van der Waals surface area contributed by atoms with Crippen molar-refractivity contribution in [2.45, 2.75) is 19.9 Å². The van der Waals surface area contributed by atoms with Crippen molar-refractivity contribution in [2.75, 3.05) is 13.2 Å². The van der Waals surface area contributed by atoms with E-state index < -0.39 is 17.9 Å². The van der Waals surface area contributed by atoms with E-state index in [9.17, 15) is 14.7 Å². The Labute approximate surface area is 217 Å². The fourth-order valence-electron chi connectivity index (χ4n) is 3.27. The Hall–Kier alpha value is -3.34. The monoisotopic (exact) mass is 536 g/mol. The van der Waals surface area contributed by atoms with Crippen molar-refractivity contribution in [2.24, 2.45) is 5.10 Å². The van der Waals surface area contributed by atoms with Crippen LogP contribution in [0.4, 0.5) is 0 Å². The van der Waals surface area contributed by atoms with Gasteiger partial charge in [-0.25, -0.2) is 10.2 Å². The van der Waals surface area contributed by atoms with E-state index >= 15 is 0 Å². The highest BCUT2D eigenvalue weighted by molar-refractivity contribution is 7.80. The molecular formula is C23H22Cl2N4O5S. The number of ether oxygens (including phenoxy) is 2. The zero-order chi connectivity index (χ0) is 25.5. The van der Waals surface area contributed by atoms with E-state index in [-0.39, 0.29) is 29.0 Å². The number of rotatable bonds is 8. The first-order valence-corrected chi connectivity index (χ1v) is 11.5. The molecule has 0 aliphatic carbocycles. The number of hydrogen-bond donors (Lipinski definition) is 4. The smallest absolute Gasteiger partial charge is 0.338 e. The number of allylic oxidation sites excluding steroid dienone is 1. The van der Waals surface area contributed by atoms with Gasteiger partial charge >= 0.3 is 5.97 Å². The predicted octanol–water partition coefficient (Wildman–Crippen LogP) is 3.58. The van der Waals surface area contributed by atoms with Gasteiger partial charge in [0.05, 0.1) is 34.5 Å². The van der Waals surface area contributed by atoms with Gasteiger partial charge in [-0.1, -0.05) is 41.4 Å². The largest absolute Gasteiger partial charge is 0.505 e. The summed E-state index contributed by atoms with van der Waals surface area (Å²) in [5.41, 5.74) is 4.34. The van der Waals surface area contributed by atoms with Crippen LogP contribution < -0.4 is 20.8 Å². The fraction of sp³-hybridized carbons (Fsp3) is 0.217. The third kappa shape index (κ3) is 6.62. The van der Waals surface area contributed by atoms with Gasteiger partial charge in [-0.15, -0.1) is 0 Å². The minimum atomic E-state index is -0.635. The zero-order valence-electron chi connectivity index (χ0n) is 18.7. The number of aromatic hydroxyl groups is 1. The minimum Gasteiger partial charge on any atom is -0.505 e. The van der Waals surface area contributed by atoms with Crippen LogP contribution in [0.3, 0.4) is 0 Å². The molecule has 0 spiro atoms. The van der Waals surface area contributed by atoms with Gasteiger partial charge in [-0.2, -0.15) is 5.10 Å². The van der Waals surface area contributed by atoms with Crippen molar-refractivity contribution in [3.8, 4) is 11.5 Å². The maximum atomic E-state index is 12.6. The number of carbonyl (C=O) groups is 2. The van der Waals surface area contributed by atoms with Crippen LogP contribution in [0.25, 0.3) is 0 Å². The molecule has 0 radical (unpaired) electrons. The third-order valence-corrected chi connectivity index (χ3v) is 5.59. The lowest BCUT2D eigenvalue weighted by Crippen LogP contribution is -2.45. The minimum absolute atomic E-state index is 0.0581. The van der Waals surface area contributed by atoms with E-state index in [0.29, 0.717) is 33.3 Å². The number of hydrazone groups is 1. The Bertz CT molecular complexity index is 1200. The first kappa shape index (κ1) is 26.3. The van der Waals surface area contributed by atoms with Gasteiger partial charge in [-0.05, 0) is 49.8 Å². The van der Waals surface area contributed by atoms with Crippen molar-refractivity contribution in [1.29, 1.82) is 0 Å². The summed E-state index contributed by atoms with van der Waals surface area (Å²) in [5.74, 6) is -0.880. The Morgan fingerprint density at radius 2 is 1.94 bits per heavy atom. The molecule has 1 amide bonds. The number of carbonyl (C=O) groups excluding carboxylic acids is 2. The molecule has 3 rings (SSSR count). The Kier molecular flexibility index (Phi) is 8.91. The number of phenolic OH excluding ortho intramolecular Hbond substituents is 1. The third-order valence-electron chi connectivity index (χ3n) is 4.80. The van der Waals surface area contributed by atoms with Crippen LogP contribution in [0, 0.1) is 0 Å². The lowest BCUT2D eigenvalue weighted by atomic mass is 9.95. The lowest BCUT2D eigenvalue weighted by Gasteiger charge is -2.30.